The van der Waals surface area contributed by atoms with Crippen LogP contribution in [-0.4, -0.2) is 7.05 Å². The van der Waals surface area contributed by atoms with Crippen molar-refractivity contribution in [3.8, 4) is 0 Å². The minimum atomic E-state index is 0.741. The van der Waals surface area contributed by atoms with Gasteiger partial charge in [0.2, 0.25) is 0 Å². The van der Waals surface area contributed by atoms with Crippen LogP contribution in [0, 0.1) is 17.3 Å². The molecule has 2 heteroatoms. The van der Waals surface area contributed by atoms with Crippen molar-refractivity contribution in [2.45, 2.75) is 19.8 Å². The molecule has 2 aliphatic rings. The standard InChI is InChI=1S/C9H15NS/c1-6-7(5-8(11)10-2)9(6)3-4-9/h5-7,10-11H,3-4H2,1-2H3/b8-5+. The number of allylic oxidation sites excluding steroid dienone is 1. The summed E-state index contributed by atoms with van der Waals surface area (Å²) in [7, 11) is 1.92. The Hall–Kier alpha value is -0.110. The van der Waals surface area contributed by atoms with Gasteiger partial charge >= 0.3 is 0 Å². The molecule has 2 saturated carbocycles. The van der Waals surface area contributed by atoms with Gasteiger partial charge in [-0.3, -0.25) is 0 Å². The fourth-order valence-electron chi connectivity index (χ4n) is 2.23. The third-order valence-electron chi connectivity index (χ3n) is 3.42. The minimum Gasteiger partial charge on any atom is -0.383 e. The van der Waals surface area contributed by atoms with Crippen LogP contribution in [0.15, 0.2) is 11.1 Å². The molecule has 0 heterocycles. The number of hydrogen-bond acceptors (Lipinski definition) is 2. The Morgan fingerprint density at radius 1 is 1.64 bits per heavy atom. The van der Waals surface area contributed by atoms with Gasteiger partial charge in [0.1, 0.15) is 0 Å². The van der Waals surface area contributed by atoms with E-state index >= 15 is 0 Å². The van der Waals surface area contributed by atoms with E-state index in [0.717, 1.165) is 22.3 Å². The third-order valence-corrected chi connectivity index (χ3v) is 3.79. The molecule has 0 aliphatic heterocycles. The molecule has 0 saturated heterocycles. The van der Waals surface area contributed by atoms with Gasteiger partial charge in [0.05, 0.1) is 5.03 Å². The molecule has 0 aromatic rings. The molecule has 2 unspecified atom stereocenters. The molecule has 0 bridgehead atoms. The van der Waals surface area contributed by atoms with Crippen LogP contribution in [0.5, 0.6) is 0 Å². The molecule has 0 aromatic carbocycles. The number of rotatable bonds is 2. The number of nitrogens with one attached hydrogen (secondary N) is 1. The van der Waals surface area contributed by atoms with Gasteiger partial charge in [-0.15, -0.1) is 12.6 Å². The predicted molar refractivity (Wildman–Crippen MR) is 50.4 cm³/mol. The minimum absolute atomic E-state index is 0.741. The zero-order valence-corrected chi connectivity index (χ0v) is 7.99. The van der Waals surface area contributed by atoms with Crippen molar-refractivity contribution < 1.29 is 0 Å². The predicted octanol–water partition coefficient (Wildman–Crippen LogP) is 2.02. The molecule has 62 valence electrons. The molecule has 2 aliphatic carbocycles. The smallest absolute Gasteiger partial charge is 0.0610 e. The van der Waals surface area contributed by atoms with Crippen LogP contribution in [-0.2, 0) is 0 Å². The number of thiol groups is 1. The van der Waals surface area contributed by atoms with E-state index in [4.69, 9.17) is 0 Å². The molecule has 1 spiro atoms. The first kappa shape index (κ1) is 7.53. The lowest BCUT2D eigenvalue weighted by Gasteiger charge is -1.95. The first-order valence-corrected chi connectivity index (χ1v) is 4.74. The van der Waals surface area contributed by atoms with Crippen LogP contribution in [0.2, 0.25) is 0 Å². The summed E-state index contributed by atoms with van der Waals surface area (Å²) in [6, 6.07) is 0. The topological polar surface area (TPSA) is 12.0 Å². The lowest BCUT2D eigenvalue weighted by Crippen LogP contribution is -1.99. The first-order valence-electron chi connectivity index (χ1n) is 4.29. The van der Waals surface area contributed by atoms with Gasteiger partial charge in [-0.1, -0.05) is 13.0 Å². The highest BCUT2D eigenvalue weighted by Gasteiger charge is 2.68. The van der Waals surface area contributed by atoms with Gasteiger partial charge in [0.25, 0.3) is 0 Å². The summed E-state index contributed by atoms with van der Waals surface area (Å²) in [4.78, 5) is 0. The van der Waals surface area contributed by atoms with Gasteiger partial charge in [0, 0.05) is 7.05 Å². The van der Waals surface area contributed by atoms with Crippen LogP contribution in [0.25, 0.3) is 0 Å². The number of hydrogen-bond donors (Lipinski definition) is 2. The molecule has 2 atom stereocenters. The van der Waals surface area contributed by atoms with Crippen molar-refractivity contribution in [1.82, 2.24) is 5.32 Å². The molecule has 1 N–H and O–H groups in total. The van der Waals surface area contributed by atoms with E-state index in [0.29, 0.717) is 0 Å². The van der Waals surface area contributed by atoms with E-state index in [1.165, 1.54) is 12.8 Å². The molecule has 1 nitrogen and oxygen atoms in total. The van der Waals surface area contributed by atoms with Crippen molar-refractivity contribution in [3.05, 3.63) is 11.1 Å². The van der Waals surface area contributed by atoms with E-state index in [9.17, 15) is 0 Å². The quantitative estimate of drug-likeness (QED) is 0.603. The van der Waals surface area contributed by atoms with Gasteiger partial charge < -0.3 is 5.32 Å². The van der Waals surface area contributed by atoms with Crippen molar-refractivity contribution in [2.24, 2.45) is 17.3 Å². The second-order valence-corrected chi connectivity index (χ2v) is 4.33. The highest BCUT2D eigenvalue weighted by atomic mass is 32.1. The third kappa shape index (κ3) is 0.994. The van der Waals surface area contributed by atoms with Crippen LogP contribution in [0.4, 0.5) is 0 Å². The Balaban J connectivity index is 2.00. The maximum absolute atomic E-state index is 4.31. The van der Waals surface area contributed by atoms with E-state index in [-0.39, 0.29) is 0 Å². The van der Waals surface area contributed by atoms with E-state index in [1.54, 1.807) is 0 Å². The molecule has 0 radical (unpaired) electrons. The summed E-state index contributed by atoms with van der Waals surface area (Å²) in [6.07, 6.45) is 5.17. The maximum Gasteiger partial charge on any atom is 0.0610 e. The average Bonchev–Trinajstić information content (AvgIpc) is 2.86. The van der Waals surface area contributed by atoms with Gasteiger partial charge in [-0.2, -0.15) is 0 Å². The zero-order valence-electron chi connectivity index (χ0n) is 7.09. The largest absolute Gasteiger partial charge is 0.383 e. The van der Waals surface area contributed by atoms with E-state index in [1.807, 2.05) is 7.05 Å². The molecular formula is C9H15NS. The Morgan fingerprint density at radius 2 is 2.27 bits per heavy atom. The average molecular weight is 169 g/mol. The summed E-state index contributed by atoms with van der Waals surface area (Å²) in [6.45, 7) is 2.35. The summed E-state index contributed by atoms with van der Waals surface area (Å²) >= 11 is 4.31. The van der Waals surface area contributed by atoms with Gasteiger partial charge in [0.15, 0.2) is 0 Å². The second kappa shape index (κ2) is 2.19. The molecule has 11 heavy (non-hydrogen) atoms. The fraction of sp³-hybridized carbons (Fsp3) is 0.778. The second-order valence-electron chi connectivity index (χ2n) is 3.85. The Labute approximate surface area is 73.7 Å². The first-order chi connectivity index (χ1) is 5.20. The summed E-state index contributed by atoms with van der Waals surface area (Å²) < 4.78 is 0. The maximum atomic E-state index is 4.31. The molecule has 2 rings (SSSR count). The van der Waals surface area contributed by atoms with Crippen molar-refractivity contribution in [2.75, 3.05) is 7.05 Å². The lowest BCUT2D eigenvalue weighted by molar-refractivity contribution is 0.766. The SMILES string of the molecule is CN/C(S)=C\C1C(C)C12CC2. The molecule has 0 aromatic heterocycles. The molecular weight excluding hydrogens is 154 g/mol. The van der Waals surface area contributed by atoms with Crippen LogP contribution >= 0.6 is 12.6 Å². The molecule has 2 fully saturated rings. The van der Waals surface area contributed by atoms with Crippen LogP contribution in [0.1, 0.15) is 19.8 Å². The Morgan fingerprint density at radius 3 is 2.64 bits per heavy atom. The molecule has 0 amide bonds. The highest BCUT2D eigenvalue weighted by molar-refractivity contribution is 7.84. The summed E-state index contributed by atoms with van der Waals surface area (Å²) in [5.74, 6) is 1.74. The van der Waals surface area contributed by atoms with Crippen molar-refractivity contribution >= 4 is 12.6 Å². The van der Waals surface area contributed by atoms with Gasteiger partial charge in [-0.25, -0.2) is 0 Å². The van der Waals surface area contributed by atoms with Crippen LogP contribution < -0.4 is 5.32 Å². The Kier molecular flexibility index (Phi) is 1.50. The van der Waals surface area contributed by atoms with Crippen molar-refractivity contribution in [3.63, 3.8) is 0 Å². The van der Waals surface area contributed by atoms with Crippen LogP contribution in [0.3, 0.4) is 0 Å². The van der Waals surface area contributed by atoms with E-state index < -0.39 is 0 Å². The summed E-state index contributed by atoms with van der Waals surface area (Å²) in [5, 5.41) is 4.08. The highest BCUT2D eigenvalue weighted by Crippen LogP contribution is 2.75. The lowest BCUT2D eigenvalue weighted by atomic mass is 10.3. The fourth-order valence-corrected chi connectivity index (χ4v) is 2.39. The van der Waals surface area contributed by atoms with Gasteiger partial charge in [-0.05, 0) is 30.1 Å². The monoisotopic (exact) mass is 169 g/mol. The normalized spacial score (nSPS) is 39.0. The van der Waals surface area contributed by atoms with Crippen molar-refractivity contribution in [1.29, 1.82) is 0 Å². The Bertz CT molecular complexity index is 206. The zero-order chi connectivity index (χ0) is 8.06. The summed E-state index contributed by atoms with van der Waals surface area (Å²) in [5.41, 5.74) is 0.741. The van der Waals surface area contributed by atoms with E-state index in [2.05, 4.69) is 30.9 Å².